The molecule has 0 aromatic rings. The molecule has 1 rings (SSSR count). The highest BCUT2D eigenvalue weighted by molar-refractivity contribution is 5.66. The van der Waals surface area contributed by atoms with Gasteiger partial charge in [-0.15, -0.1) is 0 Å². The van der Waals surface area contributed by atoms with Crippen molar-refractivity contribution in [3.05, 3.63) is 23.3 Å². The first-order valence-corrected chi connectivity index (χ1v) is 10.0. The van der Waals surface area contributed by atoms with E-state index in [2.05, 4.69) is 17.5 Å². The highest BCUT2D eigenvalue weighted by atomic mass is 16.4. The van der Waals surface area contributed by atoms with Crippen molar-refractivity contribution in [2.24, 2.45) is 5.92 Å². The number of likely N-dealkylation sites (N-methyl/N-ethyl adjacent to an activating group) is 1. The molecule has 0 aliphatic heterocycles. The number of hydrogen-bond donors (Lipinski definition) is 3. The minimum Gasteiger partial charge on any atom is -0.481 e. The second-order valence-electron chi connectivity index (χ2n) is 7.27. The molecule has 0 saturated carbocycles. The molecule has 4 nitrogen and oxygen atoms in total. The van der Waals surface area contributed by atoms with Crippen LogP contribution in [0.25, 0.3) is 0 Å². The Morgan fingerprint density at radius 2 is 1.92 bits per heavy atom. The van der Waals surface area contributed by atoms with Gasteiger partial charge in [-0.2, -0.15) is 0 Å². The van der Waals surface area contributed by atoms with Crippen molar-refractivity contribution < 1.29 is 15.0 Å². The first-order chi connectivity index (χ1) is 12.2. The summed E-state index contributed by atoms with van der Waals surface area (Å²) in [6.45, 7) is 1.11. The maximum Gasteiger partial charge on any atom is 0.303 e. The van der Waals surface area contributed by atoms with Gasteiger partial charge < -0.3 is 15.5 Å². The van der Waals surface area contributed by atoms with Crippen molar-refractivity contribution in [1.82, 2.24) is 5.32 Å². The second kappa shape index (κ2) is 14.1. The summed E-state index contributed by atoms with van der Waals surface area (Å²) < 4.78 is 0. The molecule has 25 heavy (non-hydrogen) atoms. The predicted octanol–water partition coefficient (Wildman–Crippen LogP) is 4.45. The lowest BCUT2D eigenvalue weighted by atomic mass is 9.99. The quantitative estimate of drug-likeness (QED) is 0.301. The number of carboxylic acid groups (broad SMARTS) is 1. The molecule has 0 fully saturated rings. The predicted molar refractivity (Wildman–Crippen MR) is 104 cm³/mol. The summed E-state index contributed by atoms with van der Waals surface area (Å²) in [6.07, 6.45) is 17.6. The van der Waals surface area contributed by atoms with Gasteiger partial charge in [0.15, 0.2) is 0 Å². The van der Waals surface area contributed by atoms with Crippen molar-refractivity contribution in [2.75, 3.05) is 20.2 Å². The number of unbranched alkanes of at least 4 members (excludes halogenated alkanes) is 5. The lowest BCUT2D eigenvalue weighted by molar-refractivity contribution is -0.136. The lowest BCUT2D eigenvalue weighted by Gasteiger charge is -2.08. The third-order valence-corrected chi connectivity index (χ3v) is 5.03. The van der Waals surface area contributed by atoms with Crippen LogP contribution in [-0.2, 0) is 4.79 Å². The zero-order valence-corrected chi connectivity index (χ0v) is 15.9. The Bertz CT molecular complexity index is 429. The molecule has 3 N–H and O–H groups in total. The fourth-order valence-corrected chi connectivity index (χ4v) is 3.59. The van der Waals surface area contributed by atoms with Gasteiger partial charge in [0, 0.05) is 13.0 Å². The highest BCUT2D eigenvalue weighted by Gasteiger charge is 2.14. The van der Waals surface area contributed by atoms with E-state index in [0.717, 1.165) is 19.4 Å². The van der Waals surface area contributed by atoms with Crippen LogP contribution in [0.1, 0.15) is 77.0 Å². The number of nitrogens with one attached hydrogen (secondary N) is 1. The normalized spacial score (nSPS) is 17.8. The molecule has 1 aliphatic carbocycles. The van der Waals surface area contributed by atoms with E-state index in [9.17, 15) is 4.79 Å². The van der Waals surface area contributed by atoms with Crippen LogP contribution in [0.3, 0.4) is 0 Å². The molecule has 4 heteroatoms. The summed E-state index contributed by atoms with van der Waals surface area (Å²) in [5.74, 6) is -0.0112. The van der Waals surface area contributed by atoms with Crippen LogP contribution in [0.5, 0.6) is 0 Å². The minimum absolute atomic E-state index is 0.225. The molecule has 0 heterocycles. The number of hydrogen-bond acceptors (Lipinski definition) is 3. The fourth-order valence-electron chi connectivity index (χ4n) is 3.59. The van der Waals surface area contributed by atoms with Gasteiger partial charge in [0.05, 0.1) is 6.61 Å². The molecule has 0 amide bonds. The first kappa shape index (κ1) is 21.9. The zero-order chi connectivity index (χ0) is 18.3. The Morgan fingerprint density at radius 1 is 1.20 bits per heavy atom. The zero-order valence-electron chi connectivity index (χ0n) is 15.9. The maximum absolute atomic E-state index is 10.6. The van der Waals surface area contributed by atoms with Crippen LogP contribution in [0, 0.1) is 5.92 Å². The first-order valence-electron chi connectivity index (χ1n) is 10.0. The number of carbonyl (C=O) groups is 1. The summed E-state index contributed by atoms with van der Waals surface area (Å²) in [4.78, 5) is 10.6. The average molecular weight is 352 g/mol. The SMILES string of the molecule is CNCC(=CCCC(=O)O)CCCCCCCCC1C=C(CO)CC1. The number of rotatable bonds is 15. The Hall–Kier alpha value is -1.13. The van der Waals surface area contributed by atoms with Crippen LogP contribution in [0.2, 0.25) is 0 Å². The van der Waals surface area contributed by atoms with E-state index in [4.69, 9.17) is 10.2 Å². The van der Waals surface area contributed by atoms with Crippen molar-refractivity contribution in [1.29, 1.82) is 0 Å². The van der Waals surface area contributed by atoms with Gasteiger partial charge in [0.2, 0.25) is 0 Å². The van der Waals surface area contributed by atoms with E-state index in [1.807, 2.05) is 7.05 Å². The standard InChI is InChI=1S/C21H37NO3/c1-22-16-19(11-8-12-21(24)25)10-7-5-3-2-4-6-9-18-13-14-20(15-18)17-23/h11,15,18,22-23H,2-10,12-14,16-17H2,1H3,(H,24,25). The number of carboxylic acids is 1. The van der Waals surface area contributed by atoms with E-state index in [1.54, 1.807) is 0 Å². The molecule has 0 saturated heterocycles. The van der Waals surface area contributed by atoms with Crippen LogP contribution < -0.4 is 5.32 Å². The van der Waals surface area contributed by atoms with Crippen molar-refractivity contribution in [2.45, 2.75) is 77.0 Å². The van der Waals surface area contributed by atoms with E-state index >= 15 is 0 Å². The molecule has 0 radical (unpaired) electrons. The molecule has 1 aliphatic rings. The van der Waals surface area contributed by atoms with E-state index < -0.39 is 5.97 Å². The summed E-state index contributed by atoms with van der Waals surface area (Å²) in [5.41, 5.74) is 2.58. The Balaban J connectivity index is 2.00. The van der Waals surface area contributed by atoms with Crippen LogP contribution in [0.15, 0.2) is 23.3 Å². The summed E-state index contributed by atoms with van der Waals surface area (Å²) >= 11 is 0. The van der Waals surface area contributed by atoms with Gasteiger partial charge in [-0.05, 0) is 57.1 Å². The summed E-state index contributed by atoms with van der Waals surface area (Å²) in [6, 6.07) is 0. The second-order valence-corrected chi connectivity index (χ2v) is 7.27. The maximum atomic E-state index is 10.6. The Kier molecular flexibility index (Phi) is 12.3. The molecule has 0 aromatic carbocycles. The largest absolute Gasteiger partial charge is 0.481 e. The van der Waals surface area contributed by atoms with Crippen LogP contribution in [0.4, 0.5) is 0 Å². The number of aliphatic hydroxyl groups excluding tert-OH is 1. The molecule has 1 atom stereocenters. The van der Waals surface area contributed by atoms with Gasteiger partial charge in [0.25, 0.3) is 0 Å². The van der Waals surface area contributed by atoms with Gasteiger partial charge in [-0.3, -0.25) is 4.79 Å². The monoisotopic (exact) mass is 351 g/mol. The molecular weight excluding hydrogens is 314 g/mol. The minimum atomic E-state index is -0.722. The summed E-state index contributed by atoms with van der Waals surface area (Å²) in [5, 5.41) is 21.0. The van der Waals surface area contributed by atoms with Gasteiger partial charge in [-0.25, -0.2) is 0 Å². The topological polar surface area (TPSA) is 69.6 Å². The molecule has 0 spiro atoms. The van der Waals surface area contributed by atoms with Crippen LogP contribution in [-0.4, -0.2) is 36.4 Å². The van der Waals surface area contributed by atoms with Gasteiger partial charge >= 0.3 is 5.97 Å². The van der Waals surface area contributed by atoms with E-state index in [0.29, 0.717) is 12.3 Å². The molecular formula is C21H37NO3. The third kappa shape index (κ3) is 11.2. The molecule has 0 aromatic heterocycles. The Labute approximate surface area is 153 Å². The highest BCUT2D eigenvalue weighted by Crippen LogP contribution is 2.28. The van der Waals surface area contributed by atoms with Crippen molar-refractivity contribution in [3.8, 4) is 0 Å². The molecule has 1 unspecified atom stereocenters. The van der Waals surface area contributed by atoms with Gasteiger partial charge in [-0.1, -0.05) is 49.8 Å². The van der Waals surface area contributed by atoms with E-state index in [-0.39, 0.29) is 13.0 Å². The van der Waals surface area contributed by atoms with Gasteiger partial charge in [0.1, 0.15) is 0 Å². The van der Waals surface area contributed by atoms with E-state index in [1.165, 1.54) is 62.5 Å². The number of aliphatic hydroxyl groups is 1. The number of allylic oxidation sites excluding steroid dienone is 2. The average Bonchev–Trinajstić information content (AvgIpc) is 3.04. The smallest absolute Gasteiger partial charge is 0.303 e. The van der Waals surface area contributed by atoms with Crippen LogP contribution >= 0.6 is 0 Å². The van der Waals surface area contributed by atoms with Crippen molar-refractivity contribution >= 4 is 5.97 Å². The molecule has 0 bridgehead atoms. The summed E-state index contributed by atoms with van der Waals surface area (Å²) in [7, 11) is 1.94. The molecule has 144 valence electrons. The number of aliphatic carboxylic acids is 1. The fraction of sp³-hybridized carbons (Fsp3) is 0.762. The third-order valence-electron chi connectivity index (χ3n) is 5.03. The lowest BCUT2D eigenvalue weighted by Crippen LogP contribution is -2.10. The van der Waals surface area contributed by atoms with Crippen molar-refractivity contribution in [3.63, 3.8) is 0 Å². The Morgan fingerprint density at radius 3 is 2.56 bits per heavy atom.